The van der Waals surface area contributed by atoms with Gasteiger partial charge in [-0.3, -0.25) is 18.7 Å². The van der Waals surface area contributed by atoms with Gasteiger partial charge in [-0.1, -0.05) is 12.1 Å². The van der Waals surface area contributed by atoms with E-state index in [1.54, 1.807) is 49.9 Å². The average molecular weight is 329 g/mol. The minimum absolute atomic E-state index is 0.0614. The number of benzene rings is 1. The van der Waals surface area contributed by atoms with Crippen LogP contribution in [0.4, 0.5) is 0 Å². The van der Waals surface area contributed by atoms with Gasteiger partial charge in [-0.2, -0.15) is 0 Å². The summed E-state index contributed by atoms with van der Waals surface area (Å²) >= 11 is 0. The molecule has 1 aromatic heterocycles. The molecular weight excluding hydrogens is 306 g/mol. The summed E-state index contributed by atoms with van der Waals surface area (Å²) in [6.45, 7) is 6.81. The molecule has 2 aromatic rings. The number of hydrogen-bond acceptors (Lipinski definition) is 3. The molecule has 0 radical (unpaired) electrons. The highest BCUT2D eigenvalue weighted by Crippen LogP contribution is 2.18. The molecule has 1 fully saturated rings. The maximum absolute atomic E-state index is 13.0. The van der Waals surface area contributed by atoms with Crippen molar-refractivity contribution in [2.75, 3.05) is 13.1 Å². The first kappa shape index (κ1) is 16.5. The predicted molar refractivity (Wildman–Crippen MR) is 93.4 cm³/mol. The molecule has 0 aliphatic carbocycles. The van der Waals surface area contributed by atoms with E-state index in [-0.39, 0.29) is 17.5 Å². The van der Waals surface area contributed by atoms with Crippen molar-refractivity contribution in [3.05, 3.63) is 45.1 Å². The molecule has 1 atom stereocenters. The zero-order chi connectivity index (χ0) is 17.4. The van der Waals surface area contributed by atoms with Crippen molar-refractivity contribution in [1.29, 1.82) is 0 Å². The van der Waals surface area contributed by atoms with Crippen LogP contribution in [0.1, 0.15) is 45.7 Å². The number of amides is 1. The number of likely N-dealkylation sites (tertiary alicyclic amines) is 1. The molecule has 128 valence electrons. The average Bonchev–Trinajstić information content (AvgIpc) is 3.08. The Hall–Kier alpha value is -2.37. The Morgan fingerprint density at radius 1 is 1.00 bits per heavy atom. The van der Waals surface area contributed by atoms with Gasteiger partial charge in [0.1, 0.15) is 6.04 Å². The predicted octanol–water partition coefficient (Wildman–Crippen LogP) is 1.93. The number of aromatic nitrogens is 2. The van der Waals surface area contributed by atoms with Gasteiger partial charge >= 0.3 is 5.69 Å². The Kier molecular flexibility index (Phi) is 4.30. The van der Waals surface area contributed by atoms with Crippen LogP contribution in [-0.4, -0.2) is 33.0 Å². The van der Waals surface area contributed by atoms with Gasteiger partial charge in [-0.05, 0) is 45.7 Å². The van der Waals surface area contributed by atoms with Crippen molar-refractivity contribution < 1.29 is 4.79 Å². The Labute approximate surface area is 140 Å². The lowest BCUT2D eigenvalue weighted by molar-refractivity contribution is -0.133. The molecule has 0 N–H and O–H groups in total. The smallest absolute Gasteiger partial charge is 0.332 e. The first-order chi connectivity index (χ1) is 11.4. The Morgan fingerprint density at radius 3 is 2.25 bits per heavy atom. The number of hydrogen-bond donors (Lipinski definition) is 0. The molecule has 1 saturated heterocycles. The minimum atomic E-state index is -0.633. The van der Waals surface area contributed by atoms with Crippen molar-refractivity contribution in [3.63, 3.8) is 0 Å². The maximum atomic E-state index is 13.0. The van der Waals surface area contributed by atoms with E-state index in [0.717, 1.165) is 25.9 Å². The number of rotatable bonds is 3. The zero-order valence-electron chi connectivity index (χ0n) is 14.4. The molecule has 1 unspecified atom stereocenters. The van der Waals surface area contributed by atoms with Gasteiger partial charge in [-0.25, -0.2) is 4.79 Å². The number of fused-ring (bicyclic) bond motifs is 1. The second-order valence-electron chi connectivity index (χ2n) is 6.65. The number of carbonyl (C=O) groups excluding carboxylic acids is 1. The van der Waals surface area contributed by atoms with Crippen LogP contribution in [0.25, 0.3) is 10.9 Å². The monoisotopic (exact) mass is 329 g/mol. The van der Waals surface area contributed by atoms with Gasteiger partial charge in [0.15, 0.2) is 0 Å². The summed E-state index contributed by atoms with van der Waals surface area (Å²) in [6, 6.07) is 6.09. The molecule has 1 aliphatic rings. The lowest BCUT2D eigenvalue weighted by Gasteiger charge is -2.24. The molecule has 0 spiro atoms. The summed E-state index contributed by atoms with van der Waals surface area (Å²) < 4.78 is 2.70. The van der Waals surface area contributed by atoms with Crippen LogP contribution in [0, 0.1) is 0 Å². The highest BCUT2D eigenvalue weighted by atomic mass is 16.2. The van der Waals surface area contributed by atoms with Crippen molar-refractivity contribution in [3.8, 4) is 0 Å². The summed E-state index contributed by atoms with van der Waals surface area (Å²) in [7, 11) is 0. The second-order valence-corrected chi connectivity index (χ2v) is 6.65. The fourth-order valence-electron chi connectivity index (χ4n) is 3.44. The molecule has 3 rings (SSSR count). The molecule has 1 aromatic carbocycles. The molecule has 0 saturated carbocycles. The lowest BCUT2D eigenvalue weighted by atomic mass is 10.2. The van der Waals surface area contributed by atoms with E-state index in [4.69, 9.17) is 0 Å². The standard InChI is InChI=1S/C18H23N3O3/c1-12(2)20-17(23)14-8-4-5-9-15(14)21(18(20)24)13(3)16(22)19-10-6-7-11-19/h4-5,8-9,12-13H,6-7,10-11H2,1-3H3. The third-order valence-corrected chi connectivity index (χ3v) is 4.70. The molecule has 1 aliphatic heterocycles. The minimum Gasteiger partial charge on any atom is -0.341 e. The Balaban J connectivity index is 2.24. The van der Waals surface area contributed by atoms with E-state index in [0.29, 0.717) is 10.9 Å². The van der Waals surface area contributed by atoms with Crippen LogP contribution in [0.3, 0.4) is 0 Å². The topological polar surface area (TPSA) is 64.3 Å². The van der Waals surface area contributed by atoms with Gasteiger partial charge in [0.2, 0.25) is 5.91 Å². The number of nitrogens with zero attached hydrogens (tertiary/aromatic N) is 3. The highest BCUT2D eigenvalue weighted by Gasteiger charge is 2.27. The first-order valence-electron chi connectivity index (χ1n) is 8.48. The van der Waals surface area contributed by atoms with E-state index in [1.165, 1.54) is 9.13 Å². The first-order valence-corrected chi connectivity index (χ1v) is 8.48. The molecule has 6 heteroatoms. The number of para-hydroxylation sites is 1. The third kappa shape index (κ3) is 2.56. The zero-order valence-corrected chi connectivity index (χ0v) is 14.4. The van der Waals surface area contributed by atoms with Gasteiger partial charge in [-0.15, -0.1) is 0 Å². The van der Waals surface area contributed by atoms with E-state index in [9.17, 15) is 14.4 Å². The summed E-state index contributed by atoms with van der Waals surface area (Å²) in [6.07, 6.45) is 2.00. The van der Waals surface area contributed by atoms with Gasteiger partial charge in [0.05, 0.1) is 10.9 Å². The highest BCUT2D eigenvalue weighted by molar-refractivity contribution is 5.84. The molecule has 1 amide bonds. The molecule has 2 heterocycles. The van der Waals surface area contributed by atoms with Crippen LogP contribution < -0.4 is 11.2 Å². The summed E-state index contributed by atoms with van der Waals surface area (Å²) in [5.74, 6) is -0.0614. The van der Waals surface area contributed by atoms with Crippen molar-refractivity contribution in [1.82, 2.24) is 14.0 Å². The largest absolute Gasteiger partial charge is 0.341 e. The van der Waals surface area contributed by atoms with E-state index >= 15 is 0 Å². The molecule has 24 heavy (non-hydrogen) atoms. The fraction of sp³-hybridized carbons (Fsp3) is 0.500. The van der Waals surface area contributed by atoms with Crippen LogP contribution >= 0.6 is 0 Å². The van der Waals surface area contributed by atoms with E-state index in [2.05, 4.69) is 0 Å². The van der Waals surface area contributed by atoms with Crippen LogP contribution in [0.5, 0.6) is 0 Å². The number of carbonyl (C=O) groups is 1. The summed E-state index contributed by atoms with van der Waals surface area (Å²) in [5.41, 5.74) is -0.208. The van der Waals surface area contributed by atoms with Crippen LogP contribution in [0.2, 0.25) is 0 Å². The van der Waals surface area contributed by atoms with Crippen LogP contribution in [-0.2, 0) is 4.79 Å². The molecular formula is C18H23N3O3. The van der Waals surface area contributed by atoms with Gasteiger partial charge < -0.3 is 4.90 Å². The van der Waals surface area contributed by atoms with Gasteiger partial charge in [0.25, 0.3) is 5.56 Å². The summed E-state index contributed by atoms with van der Waals surface area (Å²) in [4.78, 5) is 40.2. The van der Waals surface area contributed by atoms with E-state index in [1.807, 2.05) is 0 Å². The van der Waals surface area contributed by atoms with Crippen LogP contribution in [0.15, 0.2) is 33.9 Å². The summed E-state index contributed by atoms with van der Waals surface area (Å²) in [5, 5.41) is 0.465. The Bertz CT molecular complexity index is 888. The normalized spacial score (nSPS) is 16.1. The Morgan fingerprint density at radius 2 is 1.62 bits per heavy atom. The van der Waals surface area contributed by atoms with Crippen molar-refractivity contribution >= 4 is 16.8 Å². The quantitative estimate of drug-likeness (QED) is 0.864. The fourth-order valence-corrected chi connectivity index (χ4v) is 3.44. The van der Waals surface area contributed by atoms with Gasteiger partial charge in [0, 0.05) is 19.1 Å². The second kappa shape index (κ2) is 6.26. The maximum Gasteiger partial charge on any atom is 0.332 e. The molecule has 0 bridgehead atoms. The SMILES string of the molecule is CC(C)n1c(=O)c2ccccc2n(C(C)C(=O)N2CCCC2)c1=O. The van der Waals surface area contributed by atoms with Crippen molar-refractivity contribution in [2.45, 2.75) is 45.7 Å². The van der Waals surface area contributed by atoms with E-state index < -0.39 is 11.7 Å². The molecule has 6 nitrogen and oxygen atoms in total. The lowest BCUT2D eigenvalue weighted by Crippen LogP contribution is -2.45. The third-order valence-electron chi connectivity index (χ3n) is 4.70. The van der Waals surface area contributed by atoms with Crippen molar-refractivity contribution in [2.24, 2.45) is 0 Å².